The first-order valence-electron chi connectivity index (χ1n) is 9.88. The van der Waals surface area contributed by atoms with Gasteiger partial charge in [-0.15, -0.1) is 0 Å². The fourth-order valence-corrected chi connectivity index (χ4v) is 4.58. The molecule has 3 N–H and O–H groups in total. The highest BCUT2D eigenvalue weighted by atomic mass is 32.2. The van der Waals surface area contributed by atoms with E-state index in [0.717, 1.165) is 17.5 Å². The lowest BCUT2D eigenvalue weighted by Gasteiger charge is -2.18. The molecule has 1 saturated carbocycles. The Kier molecular flexibility index (Phi) is 5.66. The van der Waals surface area contributed by atoms with E-state index in [-0.39, 0.29) is 28.2 Å². The fourth-order valence-electron chi connectivity index (χ4n) is 3.52. The zero-order valence-electron chi connectivity index (χ0n) is 17.4. The molecule has 3 aromatic rings. The molecule has 1 aromatic heterocycles. The van der Waals surface area contributed by atoms with Crippen LogP contribution in [-0.4, -0.2) is 14.9 Å². The van der Waals surface area contributed by atoms with Crippen molar-refractivity contribution in [2.24, 2.45) is 7.05 Å². The highest BCUT2D eigenvalue weighted by molar-refractivity contribution is 8.01. The Morgan fingerprint density at radius 1 is 1.06 bits per heavy atom. The van der Waals surface area contributed by atoms with E-state index in [1.54, 1.807) is 38.2 Å². The minimum absolute atomic E-state index is 0.170. The van der Waals surface area contributed by atoms with Crippen molar-refractivity contribution in [1.29, 1.82) is 0 Å². The molecule has 0 amide bonds. The number of benzene rings is 2. The van der Waals surface area contributed by atoms with Gasteiger partial charge in [0.05, 0.1) is 11.4 Å². The van der Waals surface area contributed by atoms with E-state index < -0.39 is 11.6 Å². The van der Waals surface area contributed by atoms with Gasteiger partial charge < -0.3 is 15.1 Å². The molecule has 0 saturated heterocycles. The number of hydrogen-bond donors (Lipinski definition) is 3. The van der Waals surface area contributed by atoms with E-state index in [4.69, 9.17) is 0 Å². The number of halogens is 2. The predicted molar refractivity (Wildman–Crippen MR) is 121 cm³/mol. The van der Waals surface area contributed by atoms with Gasteiger partial charge in [0.25, 0.3) is 5.56 Å². The van der Waals surface area contributed by atoms with E-state index in [1.165, 1.54) is 34.7 Å². The summed E-state index contributed by atoms with van der Waals surface area (Å²) in [5.41, 5.74) is 3.03. The van der Waals surface area contributed by atoms with E-state index in [9.17, 15) is 18.7 Å². The minimum Gasteiger partial charge on any atom is -0.505 e. The Morgan fingerprint density at radius 2 is 1.84 bits per heavy atom. The van der Waals surface area contributed by atoms with Gasteiger partial charge in [0.15, 0.2) is 11.6 Å². The number of nitrogens with one attached hydrogen (secondary N) is 2. The number of aromatic nitrogens is 1. The third-order valence-corrected chi connectivity index (χ3v) is 6.58. The highest BCUT2D eigenvalue weighted by Gasteiger charge is 2.39. The van der Waals surface area contributed by atoms with Crippen LogP contribution in [0.2, 0.25) is 0 Å². The highest BCUT2D eigenvalue weighted by Crippen LogP contribution is 2.50. The first kappa shape index (κ1) is 21.2. The van der Waals surface area contributed by atoms with Gasteiger partial charge in [0.1, 0.15) is 11.6 Å². The van der Waals surface area contributed by atoms with Gasteiger partial charge in [0.2, 0.25) is 0 Å². The molecule has 5 nitrogen and oxygen atoms in total. The van der Waals surface area contributed by atoms with Crippen LogP contribution in [0.3, 0.4) is 0 Å². The lowest BCUT2D eigenvalue weighted by Crippen LogP contribution is -2.22. The van der Waals surface area contributed by atoms with Crippen molar-refractivity contribution in [3.8, 4) is 5.75 Å². The quantitative estimate of drug-likeness (QED) is 0.449. The number of phenolic OH excluding ortho intramolecular Hbond substituents is 1. The number of aryl methyl sites for hydroxylation is 2. The first-order chi connectivity index (χ1) is 14.7. The van der Waals surface area contributed by atoms with Crippen molar-refractivity contribution >= 4 is 29.1 Å². The maximum absolute atomic E-state index is 14.4. The standard InChI is InChI=1S/C23H23F2N3O2S/c1-12-4-7-18(17(25)8-12)26-22-19(9-13(2)23(30)28(22)3)27-31-21-11-15(21)14-5-6-16(24)20(29)10-14/h4-10,15,21,26-27,29H,11H2,1-3H3. The fraction of sp³-hybridized carbons (Fsp3) is 0.261. The zero-order chi connectivity index (χ0) is 22.3. The van der Waals surface area contributed by atoms with E-state index >= 15 is 0 Å². The summed E-state index contributed by atoms with van der Waals surface area (Å²) in [5.74, 6) is -0.719. The summed E-state index contributed by atoms with van der Waals surface area (Å²) >= 11 is 1.49. The van der Waals surface area contributed by atoms with Crippen molar-refractivity contribution in [2.45, 2.75) is 31.4 Å². The SMILES string of the molecule is Cc1ccc(Nc2c(NSC3CC3c3ccc(F)c(O)c3)cc(C)c(=O)n2C)c(F)c1. The number of phenols is 1. The van der Waals surface area contributed by atoms with Gasteiger partial charge in [0, 0.05) is 17.9 Å². The Hall–Kier alpha value is -3.00. The molecule has 1 heterocycles. The maximum atomic E-state index is 14.4. The van der Waals surface area contributed by atoms with Crippen molar-refractivity contribution < 1.29 is 13.9 Å². The van der Waals surface area contributed by atoms with Crippen LogP contribution in [0.5, 0.6) is 5.75 Å². The third-order valence-electron chi connectivity index (χ3n) is 5.42. The third kappa shape index (κ3) is 4.39. The monoisotopic (exact) mass is 443 g/mol. The molecule has 0 radical (unpaired) electrons. The normalized spacial score (nSPS) is 17.5. The van der Waals surface area contributed by atoms with Crippen LogP contribution in [0, 0.1) is 25.5 Å². The molecule has 4 rings (SSSR count). The van der Waals surface area contributed by atoms with Crippen LogP contribution < -0.4 is 15.6 Å². The van der Waals surface area contributed by atoms with Gasteiger partial charge in [-0.05, 0) is 79.6 Å². The molecular formula is C23H23F2N3O2S. The van der Waals surface area contributed by atoms with Gasteiger partial charge in [-0.3, -0.25) is 9.36 Å². The molecule has 0 aliphatic heterocycles. The number of anilines is 3. The largest absolute Gasteiger partial charge is 0.505 e. The summed E-state index contributed by atoms with van der Waals surface area (Å²) < 4.78 is 32.4. The van der Waals surface area contributed by atoms with Gasteiger partial charge in [-0.2, -0.15) is 0 Å². The molecule has 8 heteroatoms. The molecule has 2 atom stereocenters. The second-order valence-electron chi connectivity index (χ2n) is 7.87. The number of aromatic hydroxyl groups is 1. The second kappa shape index (κ2) is 8.26. The van der Waals surface area contributed by atoms with Crippen molar-refractivity contribution in [3.05, 3.63) is 81.1 Å². The first-order valence-corrected chi connectivity index (χ1v) is 10.8. The lowest BCUT2D eigenvalue weighted by atomic mass is 10.1. The summed E-state index contributed by atoms with van der Waals surface area (Å²) in [6.07, 6.45) is 0.878. The molecule has 1 aliphatic carbocycles. The van der Waals surface area contributed by atoms with Crippen LogP contribution in [0.25, 0.3) is 0 Å². The average molecular weight is 444 g/mol. The molecule has 1 fully saturated rings. The number of pyridine rings is 1. The van der Waals surface area contributed by atoms with Crippen LogP contribution in [0.4, 0.5) is 26.0 Å². The van der Waals surface area contributed by atoms with Crippen LogP contribution in [0.15, 0.2) is 47.3 Å². The summed E-state index contributed by atoms with van der Waals surface area (Å²) in [6, 6.07) is 11.0. The molecule has 0 spiro atoms. The number of nitrogens with zero attached hydrogens (tertiary/aromatic N) is 1. The predicted octanol–water partition coefficient (Wildman–Crippen LogP) is 5.35. The Balaban J connectivity index is 1.54. The van der Waals surface area contributed by atoms with Crippen molar-refractivity contribution in [1.82, 2.24) is 4.57 Å². The Labute approximate surface area is 183 Å². The molecule has 162 valence electrons. The smallest absolute Gasteiger partial charge is 0.254 e. The van der Waals surface area contributed by atoms with Gasteiger partial charge in [-0.1, -0.05) is 12.1 Å². The summed E-state index contributed by atoms with van der Waals surface area (Å²) in [6.45, 7) is 3.54. The number of rotatable bonds is 6. The Bertz CT molecular complexity index is 1210. The molecule has 2 aromatic carbocycles. The summed E-state index contributed by atoms with van der Waals surface area (Å²) in [5, 5.41) is 12.9. The van der Waals surface area contributed by atoms with Gasteiger partial charge >= 0.3 is 0 Å². The summed E-state index contributed by atoms with van der Waals surface area (Å²) in [4.78, 5) is 12.5. The van der Waals surface area contributed by atoms with Gasteiger partial charge in [-0.25, -0.2) is 8.78 Å². The average Bonchev–Trinajstić information content (AvgIpc) is 3.50. The van der Waals surface area contributed by atoms with Crippen LogP contribution in [0.1, 0.15) is 29.0 Å². The Morgan fingerprint density at radius 3 is 2.55 bits per heavy atom. The molecule has 31 heavy (non-hydrogen) atoms. The van der Waals surface area contributed by atoms with Crippen molar-refractivity contribution in [3.63, 3.8) is 0 Å². The molecule has 0 bridgehead atoms. The lowest BCUT2D eigenvalue weighted by molar-refractivity contribution is 0.431. The van der Waals surface area contributed by atoms with Crippen molar-refractivity contribution in [2.75, 3.05) is 10.0 Å². The topological polar surface area (TPSA) is 66.3 Å². The molecule has 2 unspecified atom stereocenters. The second-order valence-corrected chi connectivity index (χ2v) is 8.92. The van der Waals surface area contributed by atoms with E-state index in [2.05, 4.69) is 10.0 Å². The van der Waals surface area contributed by atoms with Crippen LogP contribution >= 0.6 is 11.9 Å². The van der Waals surface area contributed by atoms with E-state index in [1.807, 2.05) is 6.92 Å². The van der Waals surface area contributed by atoms with E-state index in [0.29, 0.717) is 17.1 Å². The minimum atomic E-state index is -0.633. The summed E-state index contributed by atoms with van der Waals surface area (Å²) in [7, 11) is 1.64. The number of hydrogen-bond acceptors (Lipinski definition) is 5. The maximum Gasteiger partial charge on any atom is 0.254 e. The van der Waals surface area contributed by atoms with Crippen LogP contribution in [-0.2, 0) is 7.05 Å². The molecular weight excluding hydrogens is 420 g/mol. The molecule has 1 aliphatic rings. The zero-order valence-corrected chi connectivity index (χ0v) is 18.2.